The van der Waals surface area contributed by atoms with Crippen LogP contribution in [-0.2, 0) is 0 Å². The normalized spacial score (nSPS) is 11.8. The minimum Gasteiger partial charge on any atom is -0.456 e. The predicted molar refractivity (Wildman–Crippen MR) is 76.0 cm³/mol. The molecule has 0 radical (unpaired) electrons. The molecule has 0 spiro atoms. The van der Waals surface area contributed by atoms with Crippen LogP contribution in [-0.4, -0.2) is 5.11 Å². The highest BCUT2D eigenvalue weighted by atomic mass is 79.9. The fraction of sp³-hybridized carbons (Fsp3) is 0.133. The van der Waals surface area contributed by atoms with Crippen LogP contribution in [0.4, 0.5) is 4.39 Å². The zero-order valence-electron chi connectivity index (χ0n) is 10.6. The average Bonchev–Trinajstić information content (AvgIpc) is 2.41. The van der Waals surface area contributed by atoms with Crippen LogP contribution in [0.5, 0.6) is 11.5 Å². The summed E-state index contributed by atoms with van der Waals surface area (Å²) in [5, 5.41) is 18.1. The molecule has 2 rings (SSSR count). The number of ether oxygens (including phenoxy) is 1. The topological polar surface area (TPSA) is 53.2 Å². The molecule has 0 bridgehead atoms. The quantitative estimate of drug-likeness (QED) is 0.909. The molecule has 102 valence electrons. The summed E-state index contributed by atoms with van der Waals surface area (Å²) in [4.78, 5) is 0. The van der Waals surface area contributed by atoms with Crippen molar-refractivity contribution in [3.63, 3.8) is 0 Å². The van der Waals surface area contributed by atoms with Gasteiger partial charge in [-0.1, -0.05) is 6.07 Å². The maximum absolute atomic E-state index is 13.5. The Balaban J connectivity index is 2.26. The van der Waals surface area contributed by atoms with Gasteiger partial charge in [0.15, 0.2) is 0 Å². The number of halogens is 2. The summed E-state index contributed by atoms with van der Waals surface area (Å²) < 4.78 is 19.7. The molecule has 0 unspecified atom stereocenters. The highest BCUT2D eigenvalue weighted by Gasteiger charge is 2.09. The van der Waals surface area contributed by atoms with Gasteiger partial charge in [0.05, 0.1) is 16.1 Å². The standard InChI is InChI=1S/C15H11BrFNO2/c1-9(19)10-3-5-15(13(16)6-10)20-12-4-2-11(8-18)14(17)7-12/h2-7,9,19H,1H3/t9-/m1/s1. The molecule has 0 saturated carbocycles. The Kier molecular flexibility index (Phi) is 4.38. The van der Waals surface area contributed by atoms with E-state index in [2.05, 4.69) is 15.9 Å². The van der Waals surface area contributed by atoms with E-state index in [-0.39, 0.29) is 5.56 Å². The zero-order valence-corrected chi connectivity index (χ0v) is 12.2. The van der Waals surface area contributed by atoms with E-state index in [1.165, 1.54) is 12.1 Å². The fourth-order valence-electron chi connectivity index (χ4n) is 1.64. The summed E-state index contributed by atoms with van der Waals surface area (Å²) in [5.41, 5.74) is 0.719. The minimum absolute atomic E-state index is 0.0270. The van der Waals surface area contributed by atoms with Crippen LogP contribution in [0.15, 0.2) is 40.9 Å². The van der Waals surface area contributed by atoms with E-state index in [1.807, 2.05) is 0 Å². The van der Waals surface area contributed by atoms with E-state index in [0.717, 1.165) is 11.6 Å². The second-order valence-corrected chi connectivity index (χ2v) is 5.08. The minimum atomic E-state index is -0.623. The van der Waals surface area contributed by atoms with Crippen LogP contribution in [0.1, 0.15) is 24.2 Å². The van der Waals surface area contributed by atoms with Crippen LogP contribution in [0, 0.1) is 17.1 Å². The molecule has 0 aliphatic carbocycles. The first-order valence-electron chi connectivity index (χ1n) is 5.86. The number of aliphatic hydroxyl groups excluding tert-OH is 1. The summed E-state index contributed by atoms with van der Waals surface area (Å²) in [5.74, 6) is 0.173. The smallest absolute Gasteiger partial charge is 0.144 e. The maximum Gasteiger partial charge on any atom is 0.144 e. The number of aliphatic hydroxyl groups is 1. The van der Waals surface area contributed by atoms with Gasteiger partial charge >= 0.3 is 0 Å². The predicted octanol–water partition coefficient (Wildman–Crippen LogP) is 4.31. The number of hydrogen-bond donors (Lipinski definition) is 1. The van der Waals surface area contributed by atoms with Crippen LogP contribution >= 0.6 is 15.9 Å². The van der Waals surface area contributed by atoms with Gasteiger partial charge in [-0.2, -0.15) is 5.26 Å². The Morgan fingerprint density at radius 3 is 2.60 bits per heavy atom. The largest absolute Gasteiger partial charge is 0.456 e. The monoisotopic (exact) mass is 335 g/mol. The number of rotatable bonds is 3. The number of nitrogens with zero attached hydrogens (tertiary/aromatic N) is 1. The molecule has 0 heterocycles. The molecule has 2 aromatic carbocycles. The van der Waals surface area contributed by atoms with Gasteiger partial charge in [-0.3, -0.25) is 0 Å². The molecule has 0 amide bonds. The Hall–Kier alpha value is -1.90. The number of nitriles is 1. The van der Waals surface area contributed by atoms with Gasteiger partial charge in [0.25, 0.3) is 0 Å². The molecule has 0 aromatic heterocycles. The lowest BCUT2D eigenvalue weighted by Gasteiger charge is -2.11. The third-order valence-corrected chi connectivity index (χ3v) is 3.35. The van der Waals surface area contributed by atoms with E-state index in [0.29, 0.717) is 16.0 Å². The molecule has 1 N–H and O–H groups in total. The van der Waals surface area contributed by atoms with Gasteiger partial charge in [0.1, 0.15) is 23.4 Å². The molecule has 1 atom stereocenters. The van der Waals surface area contributed by atoms with Crippen molar-refractivity contribution < 1.29 is 14.2 Å². The van der Waals surface area contributed by atoms with Crippen molar-refractivity contribution in [3.05, 3.63) is 57.8 Å². The third-order valence-electron chi connectivity index (χ3n) is 2.73. The van der Waals surface area contributed by atoms with Gasteiger partial charge in [0, 0.05) is 6.07 Å². The van der Waals surface area contributed by atoms with E-state index in [4.69, 9.17) is 10.00 Å². The van der Waals surface area contributed by atoms with Crippen molar-refractivity contribution in [1.29, 1.82) is 5.26 Å². The van der Waals surface area contributed by atoms with Crippen molar-refractivity contribution in [2.24, 2.45) is 0 Å². The van der Waals surface area contributed by atoms with Crippen LogP contribution in [0.2, 0.25) is 0 Å². The average molecular weight is 336 g/mol. The fourth-order valence-corrected chi connectivity index (χ4v) is 2.11. The third kappa shape index (κ3) is 3.16. The molecule has 0 aliphatic rings. The molecule has 0 fully saturated rings. The molecule has 20 heavy (non-hydrogen) atoms. The highest BCUT2D eigenvalue weighted by Crippen LogP contribution is 2.32. The molecule has 0 saturated heterocycles. The molecular formula is C15H11BrFNO2. The van der Waals surface area contributed by atoms with E-state index in [9.17, 15) is 9.50 Å². The van der Waals surface area contributed by atoms with Crippen molar-refractivity contribution in [2.75, 3.05) is 0 Å². The van der Waals surface area contributed by atoms with Crippen molar-refractivity contribution >= 4 is 15.9 Å². The van der Waals surface area contributed by atoms with Crippen molar-refractivity contribution in [2.45, 2.75) is 13.0 Å². The van der Waals surface area contributed by atoms with Gasteiger partial charge in [-0.25, -0.2) is 4.39 Å². The molecule has 3 nitrogen and oxygen atoms in total. The van der Waals surface area contributed by atoms with Gasteiger partial charge < -0.3 is 9.84 Å². The van der Waals surface area contributed by atoms with E-state index in [1.54, 1.807) is 31.2 Å². The van der Waals surface area contributed by atoms with Crippen LogP contribution < -0.4 is 4.74 Å². The van der Waals surface area contributed by atoms with E-state index >= 15 is 0 Å². The lowest BCUT2D eigenvalue weighted by atomic mass is 10.1. The van der Waals surface area contributed by atoms with Crippen molar-refractivity contribution in [3.8, 4) is 17.6 Å². The summed E-state index contributed by atoms with van der Waals surface area (Å²) in [6.45, 7) is 1.66. The molecule has 2 aromatic rings. The lowest BCUT2D eigenvalue weighted by molar-refractivity contribution is 0.199. The van der Waals surface area contributed by atoms with Gasteiger partial charge in [0.2, 0.25) is 0 Å². The maximum atomic E-state index is 13.5. The van der Waals surface area contributed by atoms with Gasteiger partial charge in [-0.05, 0) is 52.7 Å². The Labute approximate surface area is 124 Å². The lowest BCUT2D eigenvalue weighted by Crippen LogP contribution is -1.93. The summed E-state index contributed by atoms with van der Waals surface area (Å²) >= 11 is 3.34. The van der Waals surface area contributed by atoms with Gasteiger partial charge in [-0.15, -0.1) is 0 Å². The first-order valence-corrected chi connectivity index (χ1v) is 6.65. The SMILES string of the molecule is C[C@@H](O)c1ccc(Oc2ccc(C#N)c(F)c2)c(Br)c1. The number of hydrogen-bond acceptors (Lipinski definition) is 3. The summed E-state index contributed by atoms with van der Waals surface area (Å²) in [6, 6.07) is 10.9. The molecular weight excluding hydrogens is 325 g/mol. The summed E-state index contributed by atoms with van der Waals surface area (Å²) in [6.07, 6.45) is -0.576. The first kappa shape index (κ1) is 14.5. The van der Waals surface area contributed by atoms with Crippen LogP contribution in [0.25, 0.3) is 0 Å². The first-order chi connectivity index (χ1) is 9.51. The number of benzene rings is 2. The second kappa shape index (κ2) is 6.04. The highest BCUT2D eigenvalue weighted by molar-refractivity contribution is 9.10. The van der Waals surface area contributed by atoms with Crippen molar-refractivity contribution in [1.82, 2.24) is 0 Å². The zero-order chi connectivity index (χ0) is 14.7. The molecule has 5 heteroatoms. The Bertz CT molecular complexity index is 680. The molecule has 0 aliphatic heterocycles. The summed E-state index contributed by atoms with van der Waals surface area (Å²) in [7, 11) is 0. The Morgan fingerprint density at radius 1 is 1.30 bits per heavy atom. The second-order valence-electron chi connectivity index (χ2n) is 4.22. The van der Waals surface area contributed by atoms with E-state index < -0.39 is 11.9 Å². The van der Waals surface area contributed by atoms with Crippen LogP contribution in [0.3, 0.4) is 0 Å². The Morgan fingerprint density at radius 2 is 2.05 bits per heavy atom.